The highest BCUT2D eigenvalue weighted by Gasteiger charge is 2.21. The Balaban J connectivity index is 1.38. The Kier molecular flexibility index (Phi) is 5.04. The third-order valence-corrected chi connectivity index (χ3v) is 6.11. The van der Waals surface area contributed by atoms with Gasteiger partial charge in [-0.3, -0.25) is 9.69 Å². The van der Waals surface area contributed by atoms with Crippen molar-refractivity contribution < 1.29 is 4.74 Å². The summed E-state index contributed by atoms with van der Waals surface area (Å²) in [4.78, 5) is 24.9. The molecular weight excluding hydrogens is 378 g/mol. The van der Waals surface area contributed by atoms with E-state index in [1.807, 2.05) is 18.3 Å². The maximum atomic E-state index is 12.6. The molecule has 2 N–H and O–H groups in total. The minimum atomic E-state index is 0.00729. The number of methoxy groups -OCH3 is 1. The number of rotatable bonds is 4. The molecular formula is C23H27N5O2. The molecule has 156 valence electrons. The Morgan fingerprint density at radius 2 is 2.03 bits per heavy atom. The fourth-order valence-corrected chi connectivity index (χ4v) is 4.59. The number of ether oxygens (including phenoxy) is 1. The first-order valence-electron chi connectivity index (χ1n) is 10.6. The Labute approximate surface area is 175 Å². The minimum absolute atomic E-state index is 0.00729. The average molecular weight is 406 g/mol. The van der Waals surface area contributed by atoms with Crippen molar-refractivity contribution in [1.29, 1.82) is 0 Å². The molecule has 1 fully saturated rings. The third-order valence-electron chi connectivity index (χ3n) is 6.11. The monoisotopic (exact) mass is 405 g/mol. The number of piperazine rings is 1. The molecule has 4 heterocycles. The molecule has 0 spiro atoms. The minimum Gasteiger partial charge on any atom is -0.496 e. The second-order valence-corrected chi connectivity index (χ2v) is 8.01. The van der Waals surface area contributed by atoms with Gasteiger partial charge in [-0.2, -0.15) is 0 Å². The number of aromatic amines is 1. The van der Waals surface area contributed by atoms with Gasteiger partial charge in [0.1, 0.15) is 11.6 Å². The first-order chi connectivity index (χ1) is 14.7. The SMILES string of the molecule is COc1cc(CN2CCN(c3ccccn3)CC2)cc2[nH]c(=O)c3c(c12)NCCC3. The number of benzene rings is 1. The molecule has 2 aromatic heterocycles. The van der Waals surface area contributed by atoms with Crippen molar-refractivity contribution in [2.24, 2.45) is 0 Å². The van der Waals surface area contributed by atoms with Gasteiger partial charge in [0.2, 0.25) is 0 Å². The van der Waals surface area contributed by atoms with Crippen molar-refractivity contribution in [3.8, 4) is 5.75 Å². The molecule has 7 heteroatoms. The van der Waals surface area contributed by atoms with E-state index in [4.69, 9.17) is 4.74 Å². The molecule has 0 unspecified atom stereocenters. The molecule has 2 aliphatic rings. The quantitative estimate of drug-likeness (QED) is 0.695. The summed E-state index contributed by atoms with van der Waals surface area (Å²) in [5, 5.41) is 4.40. The van der Waals surface area contributed by atoms with E-state index in [9.17, 15) is 4.79 Å². The number of H-pyrrole nitrogens is 1. The summed E-state index contributed by atoms with van der Waals surface area (Å²) in [5.74, 6) is 1.86. The van der Waals surface area contributed by atoms with Crippen molar-refractivity contribution >= 4 is 22.4 Å². The average Bonchev–Trinajstić information content (AvgIpc) is 2.80. The molecule has 5 rings (SSSR count). The first kappa shape index (κ1) is 18.9. The first-order valence-corrected chi connectivity index (χ1v) is 10.6. The van der Waals surface area contributed by atoms with Crippen molar-refractivity contribution in [2.45, 2.75) is 19.4 Å². The molecule has 0 saturated carbocycles. The van der Waals surface area contributed by atoms with Crippen LogP contribution in [0.2, 0.25) is 0 Å². The van der Waals surface area contributed by atoms with Gasteiger partial charge >= 0.3 is 0 Å². The van der Waals surface area contributed by atoms with Crippen LogP contribution >= 0.6 is 0 Å². The van der Waals surface area contributed by atoms with Crippen LogP contribution in [-0.2, 0) is 13.0 Å². The second-order valence-electron chi connectivity index (χ2n) is 8.01. The molecule has 1 saturated heterocycles. The van der Waals surface area contributed by atoms with Crippen molar-refractivity contribution in [1.82, 2.24) is 14.9 Å². The lowest BCUT2D eigenvalue weighted by Crippen LogP contribution is -2.46. The maximum Gasteiger partial charge on any atom is 0.253 e. The number of hydrogen-bond donors (Lipinski definition) is 2. The van der Waals surface area contributed by atoms with E-state index < -0.39 is 0 Å². The number of hydrogen-bond acceptors (Lipinski definition) is 6. The lowest BCUT2D eigenvalue weighted by molar-refractivity contribution is 0.249. The van der Waals surface area contributed by atoms with E-state index in [-0.39, 0.29) is 5.56 Å². The van der Waals surface area contributed by atoms with Crippen LogP contribution in [0.25, 0.3) is 10.9 Å². The van der Waals surface area contributed by atoms with Crippen LogP contribution in [0.3, 0.4) is 0 Å². The Bertz CT molecular complexity index is 1100. The van der Waals surface area contributed by atoms with E-state index in [1.165, 1.54) is 0 Å². The van der Waals surface area contributed by atoms with Crippen LogP contribution in [-0.4, -0.2) is 54.7 Å². The van der Waals surface area contributed by atoms with E-state index in [0.717, 1.165) is 91.4 Å². The van der Waals surface area contributed by atoms with Crippen LogP contribution in [0, 0.1) is 0 Å². The van der Waals surface area contributed by atoms with Crippen LogP contribution in [0.15, 0.2) is 41.3 Å². The molecule has 2 aliphatic heterocycles. The lowest BCUT2D eigenvalue weighted by atomic mass is 9.99. The zero-order chi connectivity index (χ0) is 20.5. The zero-order valence-electron chi connectivity index (χ0n) is 17.3. The summed E-state index contributed by atoms with van der Waals surface area (Å²) in [6.07, 6.45) is 3.63. The normalized spacial score (nSPS) is 16.9. The van der Waals surface area contributed by atoms with Crippen LogP contribution < -0.4 is 20.5 Å². The summed E-state index contributed by atoms with van der Waals surface area (Å²) < 4.78 is 5.74. The number of pyridine rings is 2. The van der Waals surface area contributed by atoms with Gasteiger partial charge < -0.3 is 19.9 Å². The van der Waals surface area contributed by atoms with Crippen molar-refractivity contribution in [3.05, 3.63) is 58.0 Å². The smallest absolute Gasteiger partial charge is 0.253 e. The molecule has 0 radical (unpaired) electrons. The predicted molar refractivity (Wildman–Crippen MR) is 120 cm³/mol. The summed E-state index contributed by atoms with van der Waals surface area (Å²) in [6.45, 7) is 5.57. The molecule has 30 heavy (non-hydrogen) atoms. The van der Waals surface area contributed by atoms with Crippen molar-refractivity contribution in [3.63, 3.8) is 0 Å². The topological polar surface area (TPSA) is 73.5 Å². The van der Waals surface area contributed by atoms with Gasteiger partial charge in [0.05, 0.1) is 23.7 Å². The molecule has 0 aliphatic carbocycles. The van der Waals surface area contributed by atoms with E-state index in [2.05, 4.69) is 43.3 Å². The second kappa shape index (κ2) is 7.99. The molecule has 0 atom stereocenters. The van der Waals surface area contributed by atoms with Gasteiger partial charge in [-0.15, -0.1) is 0 Å². The number of nitrogens with one attached hydrogen (secondary N) is 2. The summed E-state index contributed by atoms with van der Waals surface area (Å²) >= 11 is 0. The maximum absolute atomic E-state index is 12.6. The highest BCUT2D eigenvalue weighted by Crippen LogP contribution is 2.35. The van der Waals surface area contributed by atoms with E-state index in [1.54, 1.807) is 7.11 Å². The fourth-order valence-electron chi connectivity index (χ4n) is 4.59. The van der Waals surface area contributed by atoms with Crippen molar-refractivity contribution in [2.75, 3.05) is 50.1 Å². The lowest BCUT2D eigenvalue weighted by Gasteiger charge is -2.35. The van der Waals surface area contributed by atoms with Crippen LogP contribution in [0.4, 0.5) is 11.5 Å². The standard InChI is InChI=1S/C23H27N5O2/c1-30-19-14-16(13-18-21(19)22-17(23(29)26-18)5-4-8-25-22)15-27-9-11-28(12-10-27)20-6-2-3-7-24-20/h2-3,6-7,13-14,25H,4-5,8-12,15H2,1H3,(H,26,29). The highest BCUT2D eigenvalue weighted by molar-refractivity contribution is 5.98. The molecule has 3 aromatic rings. The molecule has 7 nitrogen and oxygen atoms in total. The van der Waals surface area contributed by atoms with Crippen LogP contribution in [0.5, 0.6) is 5.75 Å². The molecule has 0 amide bonds. The van der Waals surface area contributed by atoms with Crippen LogP contribution in [0.1, 0.15) is 17.5 Å². The van der Waals surface area contributed by atoms with Gasteiger partial charge in [0, 0.05) is 51.0 Å². The Hall–Kier alpha value is -3.06. The summed E-state index contributed by atoms with van der Waals surface area (Å²) in [5.41, 5.74) is 3.78. The molecule has 0 bridgehead atoms. The predicted octanol–water partition coefficient (Wildman–Crippen LogP) is 2.61. The highest BCUT2D eigenvalue weighted by atomic mass is 16.5. The van der Waals surface area contributed by atoms with E-state index >= 15 is 0 Å². The Morgan fingerprint density at radius 3 is 2.80 bits per heavy atom. The number of aromatic nitrogens is 2. The third kappa shape index (κ3) is 3.50. The molecule has 1 aromatic carbocycles. The summed E-state index contributed by atoms with van der Waals surface area (Å²) in [6, 6.07) is 10.3. The number of nitrogens with zero attached hydrogens (tertiary/aromatic N) is 3. The summed E-state index contributed by atoms with van der Waals surface area (Å²) in [7, 11) is 1.70. The fraction of sp³-hybridized carbons (Fsp3) is 0.391. The van der Waals surface area contributed by atoms with Gasteiger partial charge in [-0.1, -0.05) is 6.07 Å². The van der Waals surface area contributed by atoms with Gasteiger partial charge in [0.15, 0.2) is 0 Å². The Morgan fingerprint density at radius 1 is 1.17 bits per heavy atom. The van der Waals surface area contributed by atoms with Gasteiger partial charge in [0.25, 0.3) is 5.56 Å². The zero-order valence-corrected chi connectivity index (χ0v) is 17.3. The van der Waals surface area contributed by atoms with Gasteiger partial charge in [-0.05, 0) is 42.7 Å². The van der Waals surface area contributed by atoms with Gasteiger partial charge in [-0.25, -0.2) is 4.98 Å². The largest absolute Gasteiger partial charge is 0.496 e. The number of fused-ring (bicyclic) bond motifs is 3. The number of anilines is 2. The van der Waals surface area contributed by atoms with E-state index in [0.29, 0.717) is 0 Å².